The van der Waals surface area contributed by atoms with Crippen LogP contribution < -0.4 is 16.0 Å². The van der Waals surface area contributed by atoms with Gasteiger partial charge in [0.15, 0.2) is 0 Å². The number of carbonyl (C=O) groups is 2. The highest BCUT2D eigenvalue weighted by molar-refractivity contribution is 6.09. The maximum absolute atomic E-state index is 13.4. The van der Waals surface area contributed by atoms with E-state index in [0.717, 1.165) is 24.4 Å². The number of amides is 2. The van der Waals surface area contributed by atoms with Crippen molar-refractivity contribution in [1.29, 1.82) is 0 Å². The van der Waals surface area contributed by atoms with Crippen LogP contribution in [0.2, 0.25) is 0 Å². The van der Waals surface area contributed by atoms with E-state index in [2.05, 4.69) is 65.3 Å². The fraction of sp³-hybridized carbons (Fsp3) is 0.375. The molecule has 0 aromatic heterocycles. The molecule has 190 valence electrons. The van der Waals surface area contributed by atoms with Crippen LogP contribution in [-0.2, 0) is 0 Å². The minimum absolute atomic E-state index is 0.157. The molecule has 2 fully saturated rings. The Morgan fingerprint density at radius 2 is 1.70 bits per heavy atom. The molecule has 3 aliphatic rings. The average Bonchev–Trinajstić information content (AvgIpc) is 3.56. The minimum atomic E-state index is -0.179. The second-order valence-electron chi connectivity index (χ2n) is 10.9. The number of hydrogen-bond acceptors (Lipinski definition) is 3. The number of para-hydroxylation sites is 1. The third kappa shape index (κ3) is 4.41. The molecule has 2 bridgehead atoms. The number of nitrogens with one attached hydrogen (secondary N) is 3. The van der Waals surface area contributed by atoms with Gasteiger partial charge in [0.25, 0.3) is 11.8 Å². The van der Waals surface area contributed by atoms with Crippen molar-refractivity contribution in [1.82, 2.24) is 5.32 Å². The second kappa shape index (κ2) is 10.0. The molecule has 2 amide bonds. The zero-order chi connectivity index (χ0) is 25.4. The van der Waals surface area contributed by atoms with Gasteiger partial charge < -0.3 is 16.0 Å². The molecule has 37 heavy (non-hydrogen) atoms. The zero-order valence-electron chi connectivity index (χ0n) is 21.4. The third-order valence-corrected chi connectivity index (χ3v) is 8.74. The molecule has 3 N–H and O–H groups in total. The summed E-state index contributed by atoms with van der Waals surface area (Å²) in [6, 6.07) is 24.4. The summed E-state index contributed by atoms with van der Waals surface area (Å²) in [6.07, 6.45) is 5.82. The summed E-state index contributed by atoms with van der Waals surface area (Å²) in [5, 5.41) is 9.82. The van der Waals surface area contributed by atoms with Gasteiger partial charge in [-0.1, -0.05) is 55.8 Å². The van der Waals surface area contributed by atoms with Gasteiger partial charge in [0.05, 0.1) is 17.3 Å². The Kier molecular flexibility index (Phi) is 6.45. The normalized spacial score (nSPS) is 25.1. The standard InChI is InChI=1S/C32H35N3O2/c1-2-3-17-33-32(37)24-11-7-8-12-26(24)35-31(36)23-15-16-27-25(19-23)28-21-13-14-22(18-21)29(28)30(34-27)20-9-5-4-6-10-20/h4-12,15-16,19,21-22,28-30,34H,2-3,13-14,17-18H2,1H3,(H,33,37)(H,35,36)/t21-,22-,28-,29+,30-/m0/s1. The SMILES string of the molecule is CCCCNC(=O)c1ccccc1NC(=O)c1ccc2c(c1)[C@@H]1[C@H]3CC[C@@H](C3)[C@H]1[C@H](c1ccccc1)N2. The first-order valence-corrected chi connectivity index (χ1v) is 13.8. The van der Waals surface area contributed by atoms with E-state index in [9.17, 15) is 9.59 Å². The molecule has 3 aromatic carbocycles. The first-order valence-electron chi connectivity index (χ1n) is 13.8. The van der Waals surface area contributed by atoms with E-state index in [4.69, 9.17) is 0 Å². The van der Waals surface area contributed by atoms with Gasteiger partial charge in [-0.05, 0) is 90.8 Å². The Hall–Kier alpha value is -3.60. The Labute approximate surface area is 219 Å². The molecule has 2 aliphatic carbocycles. The number of anilines is 2. The molecule has 6 rings (SSSR count). The van der Waals surface area contributed by atoms with E-state index < -0.39 is 0 Å². The summed E-state index contributed by atoms with van der Waals surface area (Å²) < 4.78 is 0. The number of benzene rings is 3. The number of hydrogen-bond donors (Lipinski definition) is 3. The van der Waals surface area contributed by atoms with Crippen molar-refractivity contribution < 1.29 is 9.59 Å². The van der Waals surface area contributed by atoms with Crippen LogP contribution in [0.5, 0.6) is 0 Å². The molecule has 0 unspecified atom stereocenters. The number of fused-ring (bicyclic) bond motifs is 7. The van der Waals surface area contributed by atoms with Crippen molar-refractivity contribution in [2.45, 2.75) is 51.0 Å². The van der Waals surface area contributed by atoms with Gasteiger partial charge in [-0.25, -0.2) is 0 Å². The van der Waals surface area contributed by atoms with E-state index in [0.29, 0.717) is 47.2 Å². The van der Waals surface area contributed by atoms with Gasteiger partial charge in [0.2, 0.25) is 0 Å². The lowest BCUT2D eigenvalue weighted by atomic mass is 9.68. The van der Waals surface area contributed by atoms with Crippen molar-refractivity contribution in [2.75, 3.05) is 17.2 Å². The molecule has 3 aromatic rings. The maximum atomic E-state index is 13.4. The van der Waals surface area contributed by atoms with Gasteiger partial charge in [-0.2, -0.15) is 0 Å². The Morgan fingerprint density at radius 1 is 0.919 bits per heavy atom. The van der Waals surface area contributed by atoms with Crippen LogP contribution in [0.25, 0.3) is 0 Å². The lowest BCUT2D eigenvalue weighted by molar-refractivity contribution is 0.0954. The van der Waals surface area contributed by atoms with Crippen LogP contribution in [0.4, 0.5) is 11.4 Å². The molecule has 2 saturated carbocycles. The maximum Gasteiger partial charge on any atom is 0.255 e. The predicted octanol–water partition coefficient (Wildman–Crippen LogP) is 6.77. The first kappa shape index (κ1) is 23.8. The largest absolute Gasteiger partial charge is 0.378 e. The smallest absolute Gasteiger partial charge is 0.255 e. The van der Waals surface area contributed by atoms with Crippen molar-refractivity contribution in [3.63, 3.8) is 0 Å². The molecular formula is C32H35N3O2. The van der Waals surface area contributed by atoms with Crippen LogP contribution in [0.3, 0.4) is 0 Å². The van der Waals surface area contributed by atoms with E-state index in [1.165, 1.54) is 30.4 Å². The van der Waals surface area contributed by atoms with Gasteiger partial charge >= 0.3 is 0 Å². The Morgan fingerprint density at radius 3 is 2.54 bits per heavy atom. The molecular weight excluding hydrogens is 458 g/mol. The third-order valence-electron chi connectivity index (χ3n) is 8.74. The molecule has 0 spiro atoms. The summed E-state index contributed by atoms with van der Waals surface area (Å²) in [5.41, 5.74) is 5.45. The Balaban J connectivity index is 1.27. The zero-order valence-corrected chi connectivity index (χ0v) is 21.4. The number of rotatable bonds is 7. The van der Waals surface area contributed by atoms with Crippen molar-refractivity contribution in [3.05, 3.63) is 95.1 Å². The fourth-order valence-electron chi connectivity index (χ4n) is 7.08. The van der Waals surface area contributed by atoms with E-state index in [1.807, 2.05) is 18.2 Å². The lowest BCUT2D eigenvalue weighted by Crippen LogP contribution is -2.35. The van der Waals surface area contributed by atoms with Gasteiger partial charge in [-0.15, -0.1) is 0 Å². The fourth-order valence-corrected chi connectivity index (χ4v) is 7.08. The quantitative estimate of drug-likeness (QED) is 0.318. The topological polar surface area (TPSA) is 70.2 Å². The van der Waals surface area contributed by atoms with E-state index in [-0.39, 0.29) is 11.8 Å². The highest BCUT2D eigenvalue weighted by Crippen LogP contribution is 2.63. The lowest BCUT2D eigenvalue weighted by Gasteiger charge is -2.43. The second-order valence-corrected chi connectivity index (χ2v) is 10.9. The van der Waals surface area contributed by atoms with Crippen molar-refractivity contribution >= 4 is 23.2 Å². The number of carbonyl (C=O) groups excluding carboxylic acids is 2. The minimum Gasteiger partial charge on any atom is -0.378 e. The average molecular weight is 494 g/mol. The molecule has 5 nitrogen and oxygen atoms in total. The highest BCUT2D eigenvalue weighted by Gasteiger charge is 2.53. The summed E-state index contributed by atoms with van der Waals surface area (Å²) >= 11 is 0. The molecule has 0 radical (unpaired) electrons. The Bertz CT molecular complexity index is 1300. The van der Waals surface area contributed by atoms with E-state index in [1.54, 1.807) is 12.1 Å². The van der Waals surface area contributed by atoms with Crippen molar-refractivity contribution in [2.24, 2.45) is 17.8 Å². The van der Waals surface area contributed by atoms with Crippen LogP contribution >= 0.6 is 0 Å². The van der Waals surface area contributed by atoms with Crippen LogP contribution in [-0.4, -0.2) is 18.4 Å². The summed E-state index contributed by atoms with van der Waals surface area (Å²) in [4.78, 5) is 26.1. The van der Waals surface area contributed by atoms with E-state index >= 15 is 0 Å². The first-order chi connectivity index (χ1) is 18.1. The molecule has 0 saturated heterocycles. The molecule has 1 aliphatic heterocycles. The van der Waals surface area contributed by atoms with Crippen LogP contribution in [0, 0.1) is 17.8 Å². The number of unbranched alkanes of at least 4 members (excludes halogenated alkanes) is 1. The monoisotopic (exact) mass is 493 g/mol. The summed E-state index contributed by atoms with van der Waals surface area (Å²) in [7, 11) is 0. The van der Waals surface area contributed by atoms with Crippen LogP contribution in [0.15, 0.2) is 72.8 Å². The molecule has 1 heterocycles. The van der Waals surface area contributed by atoms with Gasteiger partial charge in [0.1, 0.15) is 0 Å². The van der Waals surface area contributed by atoms with Crippen molar-refractivity contribution in [3.8, 4) is 0 Å². The predicted molar refractivity (Wildman–Crippen MR) is 148 cm³/mol. The van der Waals surface area contributed by atoms with Gasteiger partial charge in [-0.3, -0.25) is 9.59 Å². The summed E-state index contributed by atoms with van der Waals surface area (Å²) in [5.74, 6) is 2.12. The molecule has 5 heteroatoms. The van der Waals surface area contributed by atoms with Crippen LogP contribution in [0.1, 0.15) is 82.8 Å². The highest BCUT2D eigenvalue weighted by atomic mass is 16.2. The summed E-state index contributed by atoms with van der Waals surface area (Å²) in [6.45, 7) is 2.72. The molecule has 5 atom stereocenters. The van der Waals surface area contributed by atoms with Gasteiger partial charge in [0, 0.05) is 17.8 Å².